The average molecular weight is 266 g/mol. The van der Waals surface area contributed by atoms with Crippen LogP contribution in [-0.4, -0.2) is 12.3 Å². The molecule has 0 aliphatic heterocycles. The summed E-state index contributed by atoms with van der Waals surface area (Å²) in [5, 5.41) is 0. The zero-order valence-corrected chi connectivity index (χ0v) is 12.5. The second-order valence-corrected chi connectivity index (χ2v) is 7.26. The Morgan fingerprint density at radius 1 is 1.00 bits per heavy atom. The quantitative estimate of drug-likeness (QED) is 0.353. The van der Waals surface area contributed by atoms with Gasteiger partial charge < -0.3 is 4.52 Å². The lowest BCUT2D eigenvalue weighted by Crippen LogP contribution is -1.99. The van der Waals surface area contributed by atoms with Crippen molar-refractivity contribution >= 4 is 7.68 Å². The molecule has 0 spiro atoms. The molecule has 0 saturated heterocycles. The minimum atomic E-state index is -3.83. The molecule has 17 heavy (non-hydrogen) atoms. The molecule has 0 aliphatic rings. The van der Waals surface area contributed by atoms with Gasteiger partial charge in [-0.2, -0.15) is 4.20 Å². The zero-order valence-electron chi connectivity index (χ0n) is 11.6. The molecule has 0 aromatic heterocycles. The van der Waals surface area contributed by atoms with E-state index in [0.29, 0.717) is 6.61 Å². The number of unbranched alkanes of at least 4 members (excludes halogenated alkanes) is 7. The summed E-state index contributed by atoms with van der Waals surface area (Å²) in [6.45, 7) is 5.69. The Labute approximate surface area is 106 Å². The first-order valence-corrected chi connectivity index (χ1v) is 8.53. The predicted molar refractivity (Wildman–Crippen MR) is 72.4 cm³/mol. The molecule has 0 amide bonds. The Morgan fingerprint density at radius 2 is 1.47 bits per heavy atom. The molecule has 2 nitrogen and oxygen atoms in total. The van der Waals surface area contributed by atoms with Crippen molar-refractivity contribution in [1.29, 1.82) is 0 Å². The number of rotatable bonds is 11. The molecule has 1 unspecified atom stereocenters. The molecule has 0 fully saturated rings. The third-order valence-corrected chi connectivity index (χ3v) is 4.65. The van der Waals surface area contributed by atoms with Crippen molar-refractivity contribution in [2.24, 2.45) is 0 Å². The molecule has 0 radical (unpaired) electrons. The van der Waals surface area contributed by atoms with Crippen molar-refractivity contribution in [3.63, 3.8) is 0 Å². The van der Waals surface area contributed by atoms with Gasteiger partial charge in [-0.3, -0.25) is 4.57 Å². The maximum absolute atomic E-state index is 13.3. The Bertz CT molecular complexity index is 219. The molecule has 0 aromatic carbocycles. The van der Waals surface area contributed by atoms with Gasteiger partial charge in [0.05, 0.1) is 12.3 Å². The first-order chi connectivity index (χ1) is 8.00. The van der Waals surface area contributed by atoms with Gasteiger partial charge in [0.1, 0.15) is 0 Å². The van der Waals surface area contributed by atoms with Crippen molar-refractivity contribution in [1.82, 2.24) is 0 Å². The largest absolute Gasteiger partial charge is 0.369 e. The van der Waals surface area contributed by atoms with E-state index in [4.69, 9.17) is 4.52 Å². The summed E-state index contributed by atoms with van der Waals surface area (Å²) in [4.78, 5) is 0. The van der Waals surface area contributed by atoms with Crippen molar-refractivity contribution in [3.05, 3.63) is 0 Å². The summed E-state index contributed by atoms with van der Waals surface area (Å²) in [6, 6.07) is 0. The van der Waals surface area contributed by atoms with Crippen molar-refractivity contribution in [3.8, 4) is 0 Å². The van der Waals surface area contributed by atoms with Crippen molar-refractivity contribution in [2.75, 3.05) is 6.61 Å². The van der Waals surface area contributed by atoms with Crippen LogP contribution in [0, 0.1) is 0 Å². The molecular weight excluding hydrogens is 238 g/mol. The number of halogens is 1. The highest BCUT2D eigenvalue weighted by molar-refractivity contribution is 7.54. The van der Waals surface area contributed by atoms with Gasteiger partial charge in [0, 0.05) is 0 Å². The maximum atomic E-state index is 13.3. The predicted octanol–water partition coefficient (Wildman–Crippen LogP) is 5.71. The molecule has 4 heteroatoms. The van der Waals surface area contributed by atoms with Crippen molar-refractivity contribution in [2.45, 2.75) is 77.8 Å². The van der Waals surface area contributed by atoms with E-state index in [-0.39, 0.29) is 0 Å². The average Bonchev–Trinajstić information content (AvgIpc) is 2.26. The van der Waals surface area contributed by atoms with E-state index in [2.05, 4.69) is 6.92 Å². The Morgan fingerprint density at radius 3 is 1.94 bits per heavy atom. The van der Waals surface area contributed by atoms with E-state index in [1.165, 1.54) is 38.5 Å². The lowest BCUT2D eigenvalue weighted by molar-refractivity contribution is 0.272. The lowest BCUT2D eigenvalue weighted by atomic mass is 10.1. The first-order valence-electron chi connectivity index (χ1n) is 6.94. The standard InChI is InChI=1S/C13H28FO2P/c1-4-5-6-7-8-9-10-11-12-16-17(14,15)13(2)3/h13H,4-12H2,1-3H3. The third-order valence-electron chi connectivity index (χ3n) is 2.88. The molecule has 0 saturated carbocycles. The van der Waals surface area contributed by atoms with Crippen LogP contribution in [0.2, 0.25) is 0 Å². The normalized spacial score (nSPS) is 15.1. The fraction of sp³-hybridized carbons (Fsp3) is 1.00. The van der Waals surface area contributed by atoms with Gasteiger partial charge >= 0.3 is 7.68 Å². The van der Waals surface area contributed by atoms with E-state index in [1.54, 1.807) is 13.8 Å². The summed E-state index contributed by atoms with van der Waals surface area (Å²) in [6.07, 6.45) is 9.49. The van der Waals surface area contributed by atoms with Gasteiger partial charge in [0.25, 0.3) is 0 Å². The summed E-state index contributed by atoms with van der Waals surface area (Å²) in [5.41, 5.74) is -0.517. The van der Waals surface area contributed by atoms with Crippen LogP contribution in [0.15, 0.2) is 0 Å². The SMILES string of the molecule is CCCCCCCCCCOP(=O)(F)C(C)C. The van der Waals surface area contributed by atoms with Crippen LogP contribution >= 0.6 is 7.68 Å². The van der Waals surface area contributed by atoms with E-state index in [1.807, 2.05) is 0 Å². The minimum absolute atomic E-state index is 0.293. The molecule has 0 aromatic rings. The molecule has 0 rings (SSSR count). The minimum Gasteiger partial charge on any atom is -0.305 e. The van der Waals surface area contributed by atoms with Gasteiger partial charge in [-0.25, -0.2) is 0 Å². The van der Waals surface area contributed by atoms with Crippen LogP contribution in [0.25, 0.3) is 0 Å². The van der Waals surface area contributed by atoms with Gasteiger partial charge in [0.15, 0.2) is 0 Å². The summed E-state index contributed by atoms with van der Waals surface area (Å²) >= 11 is 0. The van der Waals surface area contributed by atoms with E-state index < -0.39 is 13.3 Å². The molecule has 0 aliphatic carbocycles. The van der Waals surface area contributed by atoms with Crippen LogP contribution in [0.4, 0.5) is 4.20 Å². The van der Waals surface area contributed by atoms with Crippen LogP contribution in [0.1, 0.15) is 72.1 Å². The summed E-state index contributed by atoms with van der Waals surface area (Å²) in [7, 11) is -3.83. The molecule has 0 bridgehead atoms. The topological polar surface area (TPSA) is 26.3 Å². The smallest absolute Gasteiger partial charge is 0.305 e. The van der Waals surface area contributed by atoms with E-state index >= 15 is 0 Å². The van der Waals surface area contributed by atoms with Gasteiger partial charge in [-0.1, -0.05) is 65.7 Å². The lowest BCUT2D eigenvalue weighted by Gasteiger charge is -2.12. The van der Waals surface area contributed by atoms with Gasteiger partial charge in [0.2, 0.25) is 0 Å². The summed E-state index contributed by atoms with van der Waals surface area (Å²) < 4.78 is 29.3. The fourth-order valence-electron chi connectivity index (χ4n) is 1.57. The molecule has 104 valence electrons. The fourth-order valence-corrected chi connectivity index (χ4v) is 2.25. The van der Waals surface area contributed by atoms with Crippen LogP contribution in [0.3, 0.4) is 0 Å². The second-order valence-electron chi connectivity index (χ2n) is 4.92. The first kappa shape index (κ1) is 17.1. The van der Waals surface area contributed by atoms with E-state index in [0.717, 1.165) is 12.8 Å². The molecule has 0 heterocycles. The monoisotopic (exact) mass is 266 g/mol. The Hall–Kier alpha value is 0.120. The van der Waals surface area contributed by atoms with Crippen LogP contribution < -0.4 is 0 Å². The van der Waals surface area contributed by atoms with Crippen LogP contribution in [-0.2, 0) is 9.09 Å². The number of hydrogen-bond acceptors (Lipinski definition) is 2. The number of hydrogen-bond donors (Lipinski definition) is 0. The van der Waals surface area contributed by atoms with Crippen molar-refractivity contribution < 1.29 is 13.3 Å². The van der Waals surface area contributed by atoms with E-state index in [9.17, 15) is 8.76 Å². The summed E-state index contributed by atoms with van der Waals surface area (Å²) in [5.74, 6) is 0. The molecular formula is C13H28FO2P. The second kappa shape index (κ2) is 10.1. The Kier molecular flexibility index (Phi) is 10.2. The highest BCUT2D eigenvalue weighted by atomic mass is 31.2. The highest BCUT2D eigenvalue weighted by Gasteiger charge is 2.26. The zero-order chi connectivity index (χ0) is 13.1. The van der Waals surface area contributed by atoms with Crippen LogP contribution in [0.5, 0.6) is 0 Å². The maximum Gasteiger partial charge on any atom is 0.369 e. The third kappa shape index (κ3) is 9.79. The Balaban J connectivity index is 3.27. The van der Waals surface area contributed by atoms with Gasteiger partial charge in [-0.05, 0) is 6.42 Å². The molecule has 0 N–H and O–H groups in total. The van der Waals surface area contributed by atoms with Gasteiger partial charge in [-0.15, -0.1) is 0 Å². The molecule has 1 atom stereocenters. The highest BCUT2D eigenvalue weighted by Crippen LogP contribution is 2.53.